The minimum Gasteiger partial charge on any atom is -0.457 e. The predicted molar refractivity (Wildman–Crippen MR) is 87.3 cm³/mol. The van der Waals surface area contributed by atoms with Crippen molar-refractivity contribution in [3.8, 4) is 0 Å². The fraction of sp³-hybridized carbons (Fsp3) is 0.353. The molecule has 0 saturated carbocycles. The third kappa shape index (κ3) is 4.04. The third-order valence-corrected chi connectivity index (χ3v) is 3.79. The quantitative estimate of drug-likeness (QED) is 0.828. The molecule has 1 fully saturated rings. The lowest BCUT2D eigenvalue weighted by Crippen LogP contribution is -2.40. The van der Waals surface area contributed by atoms with E-state index >= 15 is 0 Å². The molecule has 0 spiro atoms. The first-order valence-electron chi connectivity index (χ1n) is 7.86. The van der Waals surface area contributed by atoms with E-state index < -0.39 is 29.7 Å². The summed E-state index contributed by atoms with van der Waals surface area (Å²) >= 11 is 0. The molecule has 1 N–H and O–H groups in total. The van der Waals surface area contributed by atoms with E-state index in [1.807, 2.05) is 0 Å². The fourth-order valence-corrected chi connectivity index (χ4v) is 2.48. The SMILES string of the molecule is Cc1cn([C@H]2CCO[C@@H](COC(=O)c3ccccc3)O2)c(=O)[nH]c1=O. The molecule has 0 aliphatic carbocycles. The van der Waals surface area contributed by atoms with Crippen LogP contribution < -0.4 is 11.2 Å². The second-order valence-corrected chi connectivity index (χ2v) is 5.62. The Morgan fingerprint density at radius 1 is 1.32 bits per heavy atom. The van der Waals surface area contributed by atoms with Crippen molar-refractivity contribution in [3.63, 3.8) is 0 Å². The van der Waals surface area contributed by atoms with Crippen molar-refractivity contribution in [3.05, 3.63) is 68.5 Å². The number of benzene rings is 1. The molecule has 2 heterocycles. The maximum absolute atomic E-state index is 12.0. The average molecular weight is 346 g/mol. The number of hydrogen-bond acceptors (Lipinski definition) is 6. The number of aryl methyl sites for hydroxylation is 1. The summed E-state index contributed by atoms with van der Waals surface area (Å²) in [4.78, 5) is 37.6. The number of ether oxygens (including phenoxy) is 3. The highest BCUT2D eigenvalue weighted by molar-refractivity contribution is 5.89. The van der Waals surface area contributed by atoms with Crippen LogP contribution in [0.5, 0.6) is 0 Å². The summed E-state index contributed by atoms with van der Waals surface area (Å²) in [5.41, 5.74) is -0.145. The second-order valence-electron chi connectivity index (χ2n) is 5.62. The van der Waals surface area contributed by atoms with Crippen LogP contribution >= 0.6 is 0 Å². The second kappa shape index (κ2) is 7.45. The predicted octanol–water partition coefficient (Wildman–Crippen LogP) is 0.964. The third-order valence-electron chi connectivity index (χ3n) is 3.79. The van der Waals surface area contributed by atoms with Gasteiger partial charge in [0.25, 0.3) is 5.56 Å². The van der Waals surface area contributed by atoms with Crippen molar-refractivity contribution < 1.29 is 19.0 Å². The Balaban J connectivity index is 1.64. The van der Waals surface area contributed by atoms with Crippen LogP contribution in [-0.4, -0.2) is 35.0 Å². The highest BCUT2D eigenvalue weighted by Gasteiger charge is 2.26. The van der Waals surface area contributed by atoms with Crippen LogP contribution in [0.25, 0.3) is 0 Å². The van der Waals surface area contributed by atoms with Crippen LogP contribution in [0.2, 0.25) is 0 Å². The molecule has 1 saturated heterocycles. The molecule has 2 atom stereocenters. The molecular weight excluding hydrogens is 328 g/mol. The van der Waals surface area contributed by atoms with Gasteiger partial charge in [-0.2, -0.15) is 0 Å². The zero-order chi connectivity index (χ0) is 17.8. The number of carbonyl (C=O) groups excluding carboxylic acids is 1. The lowest BCUT2D eigenvalue weighted by Gasteiger charge is -2.30. The zero-order valence-corrected chi connectivity index (χ0v) is 13.6. The van der Waals surface area contributed by atoms with Crippen LogP contribution in [0, 0.1) is 6.92 Å². The van der Waals surface area contributed by atoms with E-state index in [0.717, 1.165) is 0 Å². The lowest BCUT2D eigenvalue weighted by molar-refractivity contribution is -0.246. The Morgan fingerprint density at radius 3 is 2.84 bits per heavy atom. The Labute approximate surface area is 143 Å². The molecule has 8 nitrogen and oxygen atoms in total. The number of carbonyl (C=O) groups is 1. The summed E-state index contributed by atoms with van der Waals surface area (Å²) in [5.74, 6) is -0.480. The van der Waals surface area contributed by atoms with Gasteiger partial charge in [0.05, 0.1) is 12.2 Å². The molecule has 1 aromatic heterocycles. The van der Waals surface area contributed by atoms with Gasteiger partial charge in [0.15, 0.2) is 6.29 Å². The fourth-order valence-electron chi connectivity index (χ4n) is 2.48. The van der Waals surface area contributed by atoms with E-state index in [4.69, 9.17) is 14.2 Å². The number of nitrogens with zero attached hydrogens (tertiary/aromatic N) is 1. The largest absolute Gasteiger partial charge is 0.457 e. The number of esters is 1. The molecule has 132 valence electrons. The Hall–Kier alpha value is -2.71. The first kappa shape index (κ1) is 17.1. The topological polar surface area (TPSA) is 99.6 Å². The van der Waals surface area contributed by atoms with Gasteiger partial charge in [-0.05, 0) is 19.1 Å². The van der Waals surface area contributed by atoms with Crippen LogP contribution in [0.4, 0.5) is 0 Å². The van der Waals surface area contributed by atoms with Crippen molar-refractivity contribution in [1.82, 2.24) is 9.55 Å². The van der Waals surface area contributed by atoms with Gasteiger partial charge in [-0.25, -0.2) is 9.59 Å². The molecule has 0 bridgehead atoms. The van der Waals surface area contributed by atoms with Crippen LogP contribution in [-0.2, 0) is 14.2 Å². The zero-order valence-electron chi connectivity index (χ0n) is 13.6. The minimum absolute atomic E-state index is 0.0959. The van der Waals surface area contributed by atoms with E-state index in [1.165, 1.54) is 10.8 Å². The van der Waals surface area contributed by atoms with Crippen molar-refractivity contribution >= 4 is 5.97 Å². The van der Waals surface area contributed by atoms with Gasteiger partial charge in [-0.1, -0.05) is 18.2 Å². The van der Waals surface area contributed by atoms with Gasteiger partial charge in [0, 0.05) is 18.2 Å². The Morgan fingerprint density at radius 2 is 2.08 bits per heavy atom. The highest BCUT2D eigenvalue weighted by atomic mass is 16.7. The molecule has 8 heteroatoms. The molecule has 0 radical (unpaired) electrons. The normalized spacial score (nSPS) is 20.2. The smallest absolute Gasteiger partial charge is 0.338 e. The molecule has 2 aromatic rings. The van der Waals surface area contributed by atoms with Gasteiger partial charge in [0.2, 0.25) is 0 Å². The van der Waals surface area contributed by atoms with Gasteiger partial charge in [-0.3, -0.25) is 14.3 Å². The first-order chi connectivity index (χ1) is 12.0. The van der Waals surface area contributed by atoms with Crippen molar-refractivity contribution in [2.24, 2.45) is 0 Å². The molecule has 1 aliphatic rings. The van der Waals surface area contributed by atoms with Gasteiger partial charge < -0.3 is 14.2 Å². The van der Waals surface area contributed by atoms with Crippen LogP contribution in [0.15, 0.2) is 46.1 Å². The molecule has 0 amide bonds. The van der Waals surface area contributed by atoms with Crippen molar-refractivity contribution in [2.75, 3.05) is 13.2 Å². The average Bonchev–Trinajstić information content (AvgIpc) is 2.63. The summed E-state index contributed by atoms with van der Waals surface area (Å²) in [5, 5.41) is 0. The molecule has 1 aliphatic heterocycles. The Bertz CT molecular complexity index is 857. The van der Waals surface area contributed by atoms with E-state index in [9.17, 15) is 14.4 Å². The van der Waals surface area contributed by atoms with E-state index in [0.29, 0.717) is 24.2 Å². The van der Waals surface area contributed by atoms with E-state index in [-0.39, 0.29) is 6.61 Å². The Kier molecular flexibility index (Phi) is 5.11. The monoisotopic (exact) mass is 346 g/mol. The highest BCUT2D eigenvalue weighted by Crippen LogP contribution is 2.20. The van der Waals surface area contributed by atoms with E-state index in [1.54, 1.807) is 37.3 Å². The summed E-state index contributed by atoms with van der Waals surface area (Å²) in [7, 11) is 0. The van der Waals surface area contributed by atoms with Crippen LogP contribution in [0.3, 0.4) is 0 Å². The first-order valence-corrected chi connectivity index (χ1v) is 7.86. The summed E-state index contributed by atoms with van der Waals surface area (Å²) < 4.78 is 17.6. The van der Waals surface area contributed by atoms with Crippen molar-refractivity contribution in [1.29, 1.82) is 0 Å². The number of nitrogens with one attached hydrogen (secondary N) is 1. The maximum Gasteiger partial charge on any atom is 0.338 e. The van der Waals surface area contributed by atoms with Gasteiger partial charge >= 0.3 is 11.7 Å². The van der Waals surface area contributed by atoms with Gasteiger partial charge in [-0.15, -0.1) is 0 Å². The molecule has 25 heavy (non-hydrogen) atoms. The number of hydrogen-bond donors (Lipinski definition) is 1. The number of H-pyrrole nitrogens is 1. The minimum atomic E-state index is -0.787. The standard InChI is InChI=1S/C17H18N2O6/c1-11-9-19(17(22)18-15(11)20)13-7-8-23-14(25-13)10-24-16(21)12-5-3-2-4-6-12/h2-6,9,13-14H,7-8,10H2,1H3,(H,18,20,22)/t13-,14-/m1/s1. The van der Waals surface area contributed by atoms with Crippen molar-refractivity contribution in [2.45, 2.75) is 25.9 Å². The lowest BCUT2D eigenvalue weighted by atomic mass is 10.2. The summed E-state index contributed by atoms with van der Waals surface area (Å²) in [6.07, 6.45) is 0.501. The van der Waals surface area contributed by atoms with E-state index in [2.05, 4.69) is 4.98 Å². The summed E-state index contributed by atoms with van der Waals surface area (Å²) in [6, 6.07) is 8.59. The molecular formula is C17H18N2O6. The maximum atomic E-state index is 12.0. The molecule has 0 unspecified atom stereocenters. The number of aromatic amines is 1. The number of rotatable bonds is 4. The van der Waals surface area contributed by atoms with Gasteiger partial charge in [0.1, 0.15) is 12.8 Å². The van der Waals surface area contributed by atoms with Crippen LogP contribution in [0.1, 0.15) is 28.6 Å². The molecule has 3 rings (SSSR count). The summed E-state index contributed by atoms with van der Waals surface area (Å²) in [6.45, 7) is 1.84. The molecule has 1 aromatic carbocycles. The number of aromatic nitrogens is 2.